The summed E-state index contributed by atoms with van der Waals surface area (Å²) in [6.45, 7) is 0. The van der Waals surface area contributed by atoms with Crippen LogP contribution in [-0.4, -0.2) is 6.03 Å². The van der Waals surface area contributed by atoms with Crippen molar-refractivity contribution in [1.82, 2.24) is 0 Å². The first-order valence-corrected chi connectivity index (χ1v) is 1.12. The van der Waals surface area contributed by atoms with Gasteiger partial charge in [0.1, 0.15) is 0 Å². The molecule has 0 aromatic heterocycles. The Morgan fingerprint density at radius 2 is 2.29 bits per heavy atom. The lowest BCUT2D eigenvalue weighted by Crippen LogP contribution is -2.00. The van der Waals surface area contributed by atoms with Gasteiger partial charge in [-0.2, -0.15) is 0 Å². The van der Waals surface area contributed by atoms with Gasteiger partial charge in [0.15, 0.2) is 0 Å². The van der Waals surface area contributed by atoms with Gasteiger partial charge in [0.2, 0.25) is 0 Å². The van der Waals surface area contributed by atoms with Crippen LogP contribution < -0.4 is 5.73 Å². The third kappa shape index (κ3) is 11.2. The minimum absolute atomic E-state index is 0. The zero-order chi connectivity index (χ0) is 4.99. The van der Waals surface area contributed by atoms with Gasteiger partial charge in [0.05, 0.1) is 0 Å². The Balaban J connectivity index is 0. The minimum atomic E-state index is -1.00. The van der Waals surface area contributed by atoms with Crippen molar-refractivity contribution in [3.8, 4) is 0 Å². The SMILES string of the molecule is Cl.[N-]=[N+]=NC(N)=O. The fraction of sp³-hybridized carbons (Fsp3) is 0. The number of hydrogen-bond donors (Lipinski definition) is 1. The van der Waals surface area contributed by atoms with Gasteiger partial charge < -0.3 is 5.73 Å². The molecule has 0 aromatic rings. The smallest absolute Gasteiger partial charge is 0.305 e. The van der Waals surface area contributed by atoms with E-state index in [1.54, 1.807) is 0 Å². The third-order valence-electron chi connectivity index (χ3n) is 0.143. The van der Waals surface area contributed by atoms with Crippen molar-refractivity contribution < 1.29 is 4.79 Å². The van der Waals surface area contributed by atoms with Crippen molar-refractivity contribution in [2.75, 3.05) is 0 Å². The van der Waals surface area contributed by atoms with E-state index in [0.29, 0.717) is 0 Å². The molecule has 5 nitrogen and oxygen atoms in total. The van der Waals surface area contributed by atoms with E-state index in [4.69, 9.17) is 5.53 Å². The molecule has 0 bridgehead atoms. The summed E-state index contributed by atoms with van der Waals surface area (Å²) in [4.78, 5) is 11.5. The van der Waals surface area contributed by atoms with Crippen molar-refractivity contribution in [3.63, 3.8) is 0 Å². The zero-order valence-corrected chi connectivity index (χ0v) is 4.05. The highest BCUT2D eigenvalue weighted by atomic mass is 35.5. The molecule has 0 atom stereocenters. The maximum Gasteiger partial charge on any atom is 0.305 e. The summed E-state index contributed by atoms with van der Waals surface area (Å²) in [6, 6.07) is -1.00. The molecule has 0 unspecified atom stereocenters. The third-order valence-corrected chi connectivity index (χ3v) is 0.143. The Morgan fingerprint density at radius 1 is 1.86 bits per heavy atom. The first-order valence-electron chi connectivity index (χ1n) is 1.12. The van der Waals surface area contributed by atoms with E-state index < -0.39 is 6.03 Å². The van der Waals surface area contributed by atoms with Gasteiger partial charge in [0.25, 0.3) is 0 Å². The number of primary amides is 1. The van der Waals surface area contributed by atoms with E-state index in [-0.39, 0.29) is 12.4 Å². The number of carbonyl (C=O) groups excluding carboxylic acids is 1. The van der Waals surface area contributed by atoms with Crippen molar-refractivity contribution in [3.05, 3.63) is 10.4 Å². The summed E-state index contributed by atoms with van der Waals surface area (Å²) in [7, 11) is 0. The molecular weight excluding hydrogens is 119 g/mol. The van der Waals surface area contributed by atoms with Gasteiger partial charge in [-0.3, -0.25) is 4.79 Å². The molecule has 0 aliphatic carbocycles. The van der Waals surface area contributed by atoms with E-state index >= 15 is 0 Å². The predicted molar refractivity (Wildman–Crippen MR) is 26.0 cm³/mol. The van der Waals surface area contributed by atoms with Gasteiger partial charge in [0, 0.05) is 10.0 Å². The zero-order valence-electron chi connectivity index (χ0n) is 3.24. The van der Waals surface area contributed by atoms with Crippen LogP contribution in [0, 0.1) is 0 Å². The van der Waals surface area contributed by atoms with Crippen molar-refractivity contribution in [2.24, 2.45) is 10.8 Å². The molecule has 0 spiro atoms. The molecule has 0 saturated heterocycles. The largest absolute Gasteiger partial charge is 0.364 e. The molecule has 0 heterocycles. The molecular formula is CH3ClN4O. The standard InChI is InChI=1S/CH2N4O.ClH/c2-1(6)4-5-3;/h(H2,2,6);1H. The lowest BCUT2D eigenvalue weighted by molar-refractivity contribution is 0.256. The molecule has 0 saturated carbocycles. The summed E-state index contributed by atoms with van der Waals surface area (Å²) in [5.41, 5.74) is 11.7. The van der Waals surface area contributed by atoms with E-state index in [1.807, 2.05) is 0 Å². The molecule has 0 aliphatic rings. The molecule has 0 aliphatic heterocycles. The second kappa shape index (κ2) is 5.07. The van der Waals surface area contributed by atoms with Gasteiger partial charge >= 0.3 is 6.03 Å². The number of carbonyl (C=O) groups is 1. The van der Waals surface area contributed by atoms with Crippen molar-refractivity contribution in [2.45, 2.75) is 0 Å². The van der Waals surface area contributed by atoms with Crippen LogP contribution in [0.15, 0.2) is 5.11 Å². The minimum Gasteiger partial charge on any atom is -0.364 e. The summed E-state index contributed by atoms with van der Waals surface area (Å²) in [5.74, 6) is 0. The number of amides is 2. The molecule has 0 radical (unpaired) electrons. The number of rotatable bonds is 0. The van der Waals surface area contributed by atoms with Crippen LogP contribution in [0.4, 0.5) is 4.79 Å². The Morgan fingerprint density at radius 3 is 2.29 bits per heavy atom. The van der Waals surface area contributed by atoms with E-state index in [9.17, 15) is 4.79 Å². The highest BCUT2D eigenvalue weighted by molar-refractivity contribution is 5.85. The molecule has 2 N–H and O–H groups in total. The topological polar surface area (TPSA) is 91.8 Å². The summed E-state index contributed by atoms with van der Waals surface area (Å²) in [5, 5.41) is 2.44. The first kappa shape index (κ1) is 9.42. The molecule has 40 valence electrons. The lowest BCUT2D eigenvalue weighted by Gasteiger charge is -1.64. The fourth-order valence-corrected chi connectivity index (χ4v) is 0.0441. The normalized spacial score (nSPS) is 5.14. The van der Waals surface area contributed by atoms with E-state index in [0.717, 1.165) is 0 Å². The van der Waals surface area contributed by atoms with Crippen LogP contribution in [0.3, 0.4) is 0 Å². The van der Waals surface area contributed by atoms with Crippen LogP contribution >= 0.6 is 12.4 Å². The second-order valence-corrected chi connectivity index (χ2v) is 0.528. The maximum absolute atomic E-state index is 9.40. The monoisotopic (exact) mass is 122 g/mol. The highest BCUT2D eigenvalue weighted by Crippen LogP contribution is 1.63. The molecule has 2 amide bonds. The maximum atomic E-state index is 9.40. The Bertz CT molecular complexity index is 104. The Labute approximate surface area is 45.5 Å². The summed E-state index contributed by atoms with van der Waals surface area (Å²) < 4.78 is 0. The van der Waals surface area contributed by atoms with Crippen molar-refractivity contribution in [1.29, 1.82) is 0 Å². The number of urea groups is 1. The van der Waals surface area contributed by atoms with Crippen LogP contribution in [-0.2, 0) is 0 Å². The van der Waals surface area contributed by atoms with E-state index in [2.05, 4.69) is 15.8 Å². The second-order valence-electron chi connectivity index (χ2n) is 0.528. The molecule has 0 aromatic carbocycles. The quantitative estimate of drug-likeness (QED) is 0.287. The number of hydrogen-bond acceptors (Lipinski definition) is 1. The number of azide groups is 1. The molecule has 6 heteroatoms. The van der Waals surface area contributed by atoms with Crippen LogP contribution in [0.2, 0.25) is 0 Å². The van der Waals surface area contributed by atoms with Gasteiger partial charge in [-0.05, 0) is 5.53 Å². The molecule has 0 fully saturated rings. The summed E-state index contributed by atoms with van der Waals surface area (Å²) >= 11 is 0. The van der Waals surface area contributed by atoms with Gasteiger partial charge in [-0.1, -0.05) is 0 Å². The molecule has 7 heavy (non-hydrogen) atoms. The first-order chi connectivity index (χ1) is 2.77. The average molecular weight is 123 g/mol. The Kier molecular flexibility index (Phi) is 6.82. The van der Waals surface area contributed by atoms with Gasteiger partial charge in [-0.15, -0.1) is 12.4 Å². The van der Waals surface area contributed by atoms with Crippen LogP contribution in [0.25, 0.3) is 10.4 Å². The van der Waals surface area contributed by atoms with Crippen LogP contribution in [0.1, 0.15) is 0 Å². The van der Waals surface area contributed by atoms with E-state index in [1.165, 1.54) is 0 Å². The number of nitrogens with two attached hydrogens (primary N) is 1. The summed E-state index contributed by atoms with van der Waals surface area (Å²) in [6.07, 6.45) is 0. The highest BCUT2D eigenvalue weighted by Gasteiger charge is 1.75. The predicted octanol–water partition coefficient (Wildman–Crippen LogP) is 0.797. The number of nitrogens with zero attached hydrogens (tertiary/aromatic N) is 3. The average Bonchev–Trinajstić information content (AvgIpc) is 1.35. The van der Waals surface area contributed by atoms with Crippen LogP contribution in [0.5, 0.6) is 0 Å². The fourth-order valence-electron chi connectivity index (χ4n) is 0.0441. The number of halogens is 1. The van der Waals surface area contributed by atoms with Crippen molar-refractivity contribution >= 4 is 18.4 Å². The molecule has 0 rings (SSSR count). The Hall–Kier alpha value is -0.930. The van der Waals surface area contributed by atoms with Gasteiger partial charge in [-0.25, -0.2) is 0 Å². The lowest BCUT2D eigenvalue weighted by atomic mass is 11.2.